The van der Waals surface area contributed by atoms with Gasteiger partial charge in [-0.2, -0.15) is 4.31 Å². The van der Waals surface area contributed by atoms with E-state index < -0.39 is 16.0 Å². The summed E-state index contributed by atoms with van der Waals surface area (Å²) in [5.74, 6) is -0.629. The van der Waals surface area contributed by atoms with Crippen LogP contribution in [0.2, 0.25) is 0 Å². The zero-order chi connectivity index (χ0) is 24.1. The molecule has 34 heavy (non-hydrogen) atoms. The molecule has 0 bridgehead atoms. The van der Waals surface area contributed by atoms with E-state index in [1.807, 2.05) is 24.3 Å². The van der Waals surface area contributed by atoms with Crippen molar-refractivity contribution in [3.05, 3.63) is 89.6 Å². The lowest BCUT2D eigenvalue weighted by molar-refractivity contribution is -0.134. The molecule has 0 aliphatic rings. The number of anilines is 1. The zero-order valence-electron chi connectivity index (χ0n) is 19.4. The van der Waals surface area contributed by atoms with E-state index in [1.54, 1.807) is 48.5 Å². The second-order valence-electron chi connectivity index (χ2n) is 8.79. The largest absolute Gasteiger partial charge is 0.480 e. The Morgan fingerprint density at radius 2 is 1.59 bits per heavy atom. The normalized spacial score (nSPS) is 11.6. The number of nitrogens with one attached hydrogen (secondary N) is 1. The minimum Gasteiger partial charge on any atom is -0.480 e. The number of pyridine rings is 1. The number of rotatable bonds is 9. The van der Waals surface area contributed by atoms with E-state index in [4.69, 9.17) is 5.11 Å². The molecule has 3 rings (SSSR count). The highest BCUT2D eigenvalue weighted by Gasteiger charge is 2.25. The second-order valence-corrected chi connectivity index (χ2v) is 10.7. The van der Waals surface area contributed by atoms with Gasteiger partial charge in [-0.3, -0.25) is 4.79 Å². The molecular weight excluding hydrogens is 474 g/mol. The van der Waals surface area contributed by atoms with Gasteiger partial charge in [0, 0.05) is 6.54 Å². The molecule has 7 nitrogen and oxygen atoms in total. The Morgan fingerprint density at radius 3 is 2.18 bits per heavy atom. The van der Waals surface area contributed by atoms with Crippen LogP contribution in [0.15, 0.2) is 77.7 Å². The molecular formula is C25H30ClN3O4S. The lowest BCUT2D eigenvalue weighted by Gasteiger charge is -2.23. The molecule has 0 aliphatic carbocycles. The summed E-state index contributed by atoms with van der Waals surface area (Å²) in [5, 5.41) is 11.6. The maximum Gasteiger partial charge on any atom is 0.322 e. The third kappa shape index (κ3) is 7.28. The fraction of sp³-hybridized carbons (Fsp3) is 0.280. The first-order valence-corrected chi connectivity index (χ1v) is 12.1. The molecule has 0 saturated heterocycles. The first-order valence-electron chi connectivity index (χ1n) is 10.6. The van der Waals surface area contributed by atoms with Crippen molar-refractivity contribution >= 4 is 34.2 Å². The van der Waals surface area contributed by atoms with Crippen molar-refractivity contribution in [2.45, 2.75) is 44.2 Å². The standard InChI is InChI=1S/C25H29N3O4S.ClH/c1-25(2,3)20-14-12-19(13-15-20)17-28(33(31,32)22-9-5-4-6-10-22)18-21-8-7-11-23(27-21)26-16-24(29)30;/h4-15H,16-18H2,1-3H3,(H,26,27)(H,29,30);1H. The summed E-state index contributed by atoms with van der Waals surface area (Å²) in [4.78, 5) is 15.4. The molecule has 1 aromatic heterocycles. The van der Waals surface area contributed by atoms with Crippen LogP contribution >= 0.6 is 12.4 Å². The van der Waals surface area contributed by atoms with Crippen LogP contribution in [0.4, 0.5) is 5.82 Å². The maximum absolute atomic E-state index is 13.5. The molecule has 0 radical (unpaired) electrons. The van der Waals surface area contributed by atoms with Gasteiger partial charge in [0.15, 0.2) is 0 Å². The highest BCUT2D eigenvalue weighted by Crippen LogP contribution is 2.25. The third-order valence-corrected chi connectivity index (χ3v) is 6.93. The van der Waals surface area contributed by atoms with Gasteiger partial charge in [0.2, 0.25) is 10.0 Å². The highest BCUT2D eigenvalue weighted by atomic mass is 35.5. The molecule has 0 unspecified atom stereocenters. The minimum atomic E-state index is -3.80. The van der Waals surface area contributed by atoms with Crippen LogP contribution in [0.3, 0.4) is 0 Å². The number of aromatic nitrogens is 1. The van der Waals surface area contributed by atoms with E-state index in [0.717, 1.165) is 5.56 Å². The topological polar surface area (TPSA) is 99.6 Å². The molecule has 182 valence electrons. The fourth-order valence-electron chi connectivity index (χ4n) is 3.29. The molecule has 0 saturated carbocycles. The van der Waals surface area contributed by atoms with Crippen LogP contribution in [0.1, 0.15) is 37.6 Å². The monoisotopic (exact) mass is 503 g/mol. The number of carboxylic acids is 1. The molecule has 9 heteroatoms. The molecule has 3 aromatic rings. The lowest BCUT2D eigenvalue weighted by atomic mass is 9.87. The molecule has 0 atom stereocenters. The quantitative estimate of drug-likeness (QED) is 0.439. The molecule has 2 aromatic carbocycles. The Balaban J connectivity index is 0.00000408. The van der Waals surface area contributed by atoms with Crippen LogP contribution in [0.5, 0.6) is 0 Å². The molecule has 0 amide bonds. The number of carboxylic acid groups (broad SMARTS) is 1. The number of carbonyl (C=O) groups is 1. The van der Waals surface area contributed by atoms with Gasteiger partial charge < -0.3 is 10.4 Å². The van der Waals surface area contributed by atoms with Crippen molar-refractivity contribution < 1.29 is 18.3 Å². The van der Waals surface area contributed by atoms with Gasteiger partial charge >= 0.3 is 5.97 Å². The number of benzene rings is 2. The van der Waals surface area contributed by atoms with E-state index in [1.165, 1.54) is 9.87 Å². The summed E-state index contributed by atoms with van der Waals surface area (Å²) in [6.45, 7) is 6.33. The second kappa shape index (κ2) is 11.5. The Kier molecular flexibility index (Phi) is 9.21. The average molecular weight is 504 g/mol. The van der Waals surface area contributed by atoms with E-state index in [2.05, 4.69) is 31.1 Å². The van der Waals surface area contributed by atoms with Crippen LogP contribution in [0.25, 0.3) is 0 Å². The SMILES string of the molecule is CC(C)(C)c1ccc(CN(Cc2cccc(NCC(=O)O)n2)S(=O)(=O)c2ccccc2)cc1.Cl. The van der Waals surface area contributed by atoms with Crippen molar-refractivity contribution in [3.8, 4) is 0 Å². The van der Waals surface area contributed by atoms with Crippen LogP contribution in [0, 0.1) is 0 Å². The first kappa shape index (κ1) is 27.3. The molecule has 1 heterocycles. The summed E-state index contributed by atoms with van der Waals surface area (Å²) in [6, 6.07) is 21.3. The zero-order valence-corrected chi connectivity index (χ0v) is 21.1. The number of sulfonamides is 1. The van der Waals surface area contributed by atoms with Gasteiger partial charge in [0.1, 0.15) is 12.4 Å². The van der Waals surface area contributed by atoms with Crippen molar-refractivity contribution in [2.75, 3.05) is 11.9 Å². The summed E-state index contributed by atoms with van der Waals surface area (Å²) in [7, 11) is -3.80. The molecule has 0 spiro atoms. The smallest absolute Gasteiger partial charge is 0.322 e. The van der Waals surface area contributed by atoms with Gasteiger partial charge in [-0.25, -0.2) is 13.4 Å². The average Bonchev–Trinajstić information content (AvgIpc) is 2.78. The predicted molar refractivity (Wildman–Crippen MR) is 136 cm³/mol. The number of hydrogen-bond donors (Lipinski definition) is 2. The van der Waals surface area contributed by atoms with Gasteiger partial charge in [-0.05, 0) is 40.8 Å². The van der Waals surface area contributed by atoms with Gasteiger partial charge in [0.05, 0.1) is 17.1 Å². The van der Waals surface area contributed by atoms with Gasteiger partial charge in [-0.15, -0.1) is 12.4 Å². The highest BCUT2D eigenvalue weighted by molar-refractivity contribution is 7.89. The van der Waals surface area contributed by atoms with E-state index in [-0.39, 0.29) is 42.4 Å². The number of halogens is 1. The van der Waals surface area contributed by atoms with Crippen molar-refractivity contribution in [2.24, 2.45) is 0 Å². The lowest BCUT2D eigenvalue weighted by Crippen LogP contribution is -2.30. The number of aliphatic carboxylic acids is 1. The Hall–Kier alpha value is -2.94. The predicted octanol–water partition coefficient (Wildman–Crippen LogP) is 4.69. The van der Waals surface area contributed by atoms with Crippen molar-refractivity contribution in [1.29, 1.82) is 0 Å². The summed E-state index contributed by atoms with van der Waals surface area (Å²) >= 11 is 0. The summed E-state index contributed by atoms with van der Waals surface area (Å²) < 4.78 is 28.3. The van der Waals surface area contributed by atoms with E-state index in [9.17, 15) is 13.2 Å². The fourth-order valence-corrected chi connectivity index (χ4v) is 4.71. The van der Waals surface area contributed by atoms with E-state index in [0.29, 0.717) is 11.5 Å². The van der Waals surface area contributed by atoms with Gasteiger partial charge in [0.25, 0.3) is 0 Å². The Labute approximate surface area is 207 Å². The van der Waals surface area contributed by atoms with Crippen LogP contribution in [-0.4, -0.2) is 35.3 Å². The maximum atomic E-state index is 13.5. The van der Waals surface area contributed by atoms with E-state index >= 15 is 0 Å². The molecule has 0 aliphatic heterocycles. The third-order valence-electron chi connectivity index (χ3n) is 5.13. The first-order chi connectivity index (χ1) is 15.6. The van der Waals surface area contributed by atoms with Gasteiger partial charge in [-0.1, -0.05) is 69.3 Å². The minimum absolute atomic E-state index is 0. The van der Waals surface area contributed by atoms with Crippen molar-refractivity contribution in [1.82, 2.24) is 9.29 Å². The molecule has 0 fully saturated rings. The summed E-state index contributed by atoms with van der Waals surface area (Å²) in [6.07, 6.45) is 0. The van der Waals surface area contributed by atoms with Crippen molar-refractivity contribution in [3.63, 3.8) is 0 Å². The number of nitrogens with zero attached hydrogens (tertiary/aromatic N) is 2. The van der Waals surface area contributed by atoms with Crippen LogP contribution in [-0.2, 0) is 33.3 Å². The Morgan fingerprint density at radius 1 is 0.941 bits per heavy atom. The molecule has 2 N–H and O–H groups in total. The Bertz CT molecular complexity index is 1190. The van der Waals surface area contributed by atoms with Crippen LogP contribution < -0.4 is 5.32 Å². The number of hydrogen-bond acceptors (Lipinski definition) is 5. The summed E-state index contributed by atoms with van der Waals surface area (Å²) in [5.41, 5.74) is 2.54.